The Labute approximate surface area is 78.4 Å². The van der Waals surface area contributed by atoms with Crippen molar-refractivity contribution in [1.82, 2.24) is 25.6 Å². The van der Waals surface area contributed by atoms with E-state index >= 15 is 0 Å². The number of aryl methyl sites for hydroxylation is 1. The SMILES string of the molecule is Cc1csc(CNc2nn[nH]n2)n1. The summed E-state index contributed by atoms with van der Waals surface area (Å²) in [6.07, 6.45) is 0. The van der Waals surface area contributed by atoms with Crippen molar-refractivity contribution in [1.29, 1.82) is 0 Å². The number of tetrazole rings is 1. The molecule has 2 N–H and O–H groups in total. The molecule has 68 valence electrons. The van der Waals surface area contributed by atoms with Gasteiger partial charge < -0.3 is 5.32 Å². The van der Waals surface area contributed by atoms with Gasteiger partial charge in [0.25, 0.3) is 5.95 Å². The van der Waals surface area contributed by atoms with E-state index in [2.05, 4.69) is 30.9 Å². The lowest BCUT2D eigenvalue weighted by Crippen LogP contribution is -2.00. The van der Waals surface area contributed by atoms with Crippen molar-refractivity contribution >= 4 is 17.3 Å². The van der Waals surface area contributed by atoms with E-state index in [0.717, 1.165) is 10.7 Å². The molecule has 2 heterocycles. The number of hydrogen-bond donors (Lipinski definition) is 2. The van der Waals surface area contributed by atoms with E-state index in [-0.39, 0.29) is 0 Å². The summed E-state index contributed by atoms with van der Waals surface area (Å²) >= 11 is 1.61. The minimum Gasteiger partial charge on any atom is -0.345 e. The first kappa shape index (κ1) is 8.11. The maximum Gasteiger partial charge on any atom is 0.263 e. The molecule has 0 saturated carbocycles. The zero-order chi connectivity index (χ0) is 9.10. The Balaban J connectivity index is 1.93. The molecule has 0 saturated heterocycles. The molecule has 0 aliphatic carbocycles. The Hall–Kier alpha value is -1.50. The second-order valence-corrected chi connectivity index (χ2v) is 3.41. The van der Waals surface area contributed by atoms with Crippen molar-refractivity contribution < 1.29 is 0 Å². The Kier molecular flexibility index (Phi) is 2.17. The van der Waals surface area contributed by atoms with Crippen molar-refractivity contribution in [3.63, 3.8) is 0 Å². The van der Waals surface area contributed by atoms with Crippen LogP contribution in [0.3, 0.4) is 0 Å². The fourth-order valence-corrected chi connectivity index (χ4v) is 1.59. The molecule has 2 aromatic heterocycles. The van der Waals surface area contributed by atoms with Gasteiger partial charge in [-0.1, -0.05) is 5.10 Å². The number of nitrogens with one attached hydrogen (secondary N) is 2. The van der Waals surface area contributed by atoms with Gasteiger partial charge in [-0.05, 0) is 12.1 Å². The van der Waals surface area contributed by atoms with Gasteiger partial charge >= 0.3 is 0 Å². The smallest absolute Gasteiger partial charge is 0.263 e. The van der Waals surface area contributed by atoms with Crippen LogP contribution in [-0.4, -0.2) is 25.6 Å². The van der Waals surface area contributed by atoms with Crippen LogP contribution in [0.5, 0.6) is 0 Å². The summed E-state index contributed by atoms with van der Waals surface area (Å²) in [6.45, 7) is 2.60. The van der Waals surface area contributed by atoms with E-state index in [0.29, 0.717) is 12.5 Å². The first-order valence-corrected chi connectivity index (χ1v) is 4.61. The third-order valence-corrected chi connectivity index (χ3v) is 2.38. The normalized spacial score (nSPS) is 10.2. The summed E-state index contributed by atoms with van der Waals surface area (Å²) in [7, 11) is 0. The molecule has 0 unspecified atom stereocenters. The van der Waals surface area contributed by atoms with Crippen LogP contribution in [0, 0.1) is 6.92 Å². The Morgan fingerprint density at radius 1 is 1.62 bits per heavy atom. The number of aromatic amines is 1. The molecule has 0 spiro atoms. The Bertz CT molecular complexity index is 366. The molecule has 0 atom stereocenters. The zero-order valence-electron chi connectivity index (χ0n) is 6.98. The highest BCUT2D eigenvalue weighted by molar-refractivity contribution is 7.09. The molecule has 0 aliphatic rings. The van der Waals surface area contributed by atoms with Crippen LogP contribution in [0.1, 0.15) is 10.7 Å². The molecule has 13 heavy (non-hydrogen) atoms. The van der Waals surface area contributed by atoms with Gasteiger partial charge in [-0.2, -0.15) is 5.21 Å². The van der Waals surface area contributed by atoms with Crippen LogP contribution >= 0.6 is 11.3 Å². The second kappa shape index (κ2) is 3.48. The first-order valence-electron chi connectivity index (χ1n) is 3.73. The van der Waals surface area contributed by atoms with E-state index in [9.17, 15) is 0 Å². The number of aromatic nitrogens is 5. The van der Waals surface area contributed by atoms with Gasteiger partial charge in [0.05, 0.1) is 6.54 Å². The molecule has 0 radical (unpaired) electrons. The van der Waals surface area contributed by atoms with Gasteiger partial charge in [0.1, 0.15) is 5.01 Å². The monoisotopic (exact) mass is 196 g/mol. The minimum absolute atomic E-state index is 0.493. The van der Waals surface area contributed by atoms with Crippen LogP contribution in [0.2, 0.25) is 0 Å². The van der Waals surface area contributed by atoms with Gasteiger partial charge in [0, 0.05) is 11.1 Å². The maximum absolute atomic E-state index is 4.28. The highest BCUT2D eigenvalue weighted by Crippen LogP contribution is 2.09. The predicted molar refractivity (Wildman–Crippen MR) is 48.4 cm³/mol. The molecule has 6 nitrogen and oxygen atoms in total. The van der Waals surface area contributed by atoms with E-state index in [1.807, 2.05) is 12.3 Å². The highest BCUT2D eigenvalue weighted by Gasteiger charge is 2.00. The van der Waals surface area contributed by atoms with Crippen molar-refractivity contribution in [3.05, 3.63) is 16.1 Å². The third kappa shape index (κ3) is 2.00. The van der Waals surface area contributed by atoms with Crippen molar-refractivity contribution in [2.45, 2.75) is 13.5 Å². The van der Waals surface area contributed by atoms with Gasteiger partial charge in [0.15, 0.2) is 0 Å². The zero-order valence-corrected chi connectivity index (χ0v) is 7.80. The summed E-state index contributed by atoms with van der Waals surface area (Å²) in [5.41, 5.74) is 1.04. The number of anilines is 1. The average Bonchev–Trinajstić information content (AvgIpc) is 2.71. The number of thiazole rings is 1. The van der Waals surface area contributed by atoms with Crippen LogP contribution in [0.4, 0.5) is 5.95 Å². The molecule has 7 heteroatoms. The highest BCUT2D eigenvalue weighted by atomic mass is 32.1. The summed E-state index contributed by atoms with van der Waals surface area (Å²) < 4.78 is 0. The fraction of sp³-hybridized carbons (Fsp3) is 0.333. The van der Waals surface area contributed by atoms with E-state index in [1.165, 1.54) is 0 Å². The fourth-order valence-electron chi connectivity index (χ4n) is 0.875. The molecule has 0 aliphatic heterocycles. The Morgan fingerprint density at radius 3 is 3.15 bits per heavy atom. The lowest BCUT2D eigenvalue weighted by atomic mass is 10.6. The minimum atomic E-state index is 0.493. The lowest BCUT2D eigenvalue weighted by Gasteiger charge is -1.94. The molecule has 0 amide bonds. The molecule has 0 aromatic carbocycles. The lowest BCUT2D eigenvalue weighted by molar-refractivity contribution is 0.881. The van der Waals surface area contributed by atoms with E-state index in [1.54, 1.807) is 11.3 Å². The second-order valence-electron chi connectivity index (χ2n) is 2.47. The third-order valence-electron chi connectivity index (χ3n) is 1.41. The number of hydrogen-bond acceptors (Lipinski definition) is 6. The van der Waals surface area contributed by atoms with E-state index < -0.39 is 0 Å². The number of H-pyrrole nitrogens is 1. The first-order chi connectivity index (χ1) is 6.34. The predicted octanol–water partition coefficient (Wildman–Crippen LogP) is 0.577. The summed E-state index contributed by atoms with van der Waals surface area (Å²) in [5.74, 6) is 0.493. The van der Waals surface area contributed by atoms with Crippen molar-refractivity contribution in [2.75, 3.05) is 5.32 Å². The molecule has 2 aromatic rings. The molecular weight excluding hydrogens is 188 g/mol. The van der Waals surface area contributed by atoms with Crippen molar-refractivity contribution in [3.8, 4) is 0 Å². The molecule has 0 bridgehead atoms. The number of nitrogens with zero attached hydrogens (tertiary/aromatic N) is 4. The van der Waals surface area contributed by atoms with Crippen LogP contribution in [0.15, 0.2) is 5.38 Å². The summed E-state index contributed by atoms with van der Waals surface area (Å²) in [4.78, 5) is 4.28. The van der Waals surface area contributed by atoms with Gasteiger partial charge in [-0.15, -0.1) is 16.4 Å². The van der Waals surface area contributed by atoms with E-state index in [4.69, 9.17) is 0 Å². The molecule has 0 fully saturated rings. The summed E-state index contributed by atoms with van der Waals surface area (Å²) in [5, 5.41) is 19.3. The van der Waals surface area contributed by atoms with Crippen LogP contribution in [-0.2, 0) is 6.54 Å². The summed E-state index contributed by atoms with van der Waals surface area (Å²) in [6, 6.07) is 0. The Morgan fingerprint density at radius 2 is 2.54 bits per heavy atom. The largest absolute Gasteiger partial charge is 0.345 e. The standard InChI is InChI=1S/C6H8N6S/c1-4-3-13-5(8-4)2-7-6-9-11-12-10-6/h3H,2H2,1H3,(H2,7,9,10,11,12). The van der Waals surface area contributed by atoms with Crippen LogP contribution in [0.25, 0.3) is 0 Å². The van der Waals surface area contributed by atoms with Crippen LogP contribution < -0.4 is 5.32 Å². The molecular formula is C6H8N6S. The van der Waals surface area contributed by atoms with Crippen molar-refractivity contribution in [2.24, 2.45) is 0 Å². The van der Waals surface area contributed by atoms with Gasteiger partial charge in [0.2, 0.25) is 0 Å². The number of rotatable bonds is 3. The topological polar surface area (TPSA) is 79.4 Å². The molecule has 2 rings (SSSR count). The maximum atomic E-state index is 4.28. The van der Waals surface area contributed by atoms with Gasteiger partial charge in [-0.3, -0.25) is 0 Å². The average molecular weight is 196 g/mol. The quantitative estimate of drug-likeness (QED) is 0.750. The van der Waals surface area contributed by atoms with Gasteiger partial charge in [-0.25, -0.2) is 4.98 Å².